The normalized spacial score (nSPS) is 23.2. The maximum absolute atomic E-state index is 12.1. The summed E-state index contributed by atoms with van der Waals surface area (Å²) in [4.78, 5) is 14.5. The van der Waals surface area contributed by atoms with Gasteiger partial charge in [0.05, 0.1) is 5.57 Å². The first-order chi connectivity index (χ1) is 5.84. The van der Waals surface area contributed by atoms with Crippen molar-refractivity contribution < 1.29 is 27.9 Å². The van der Waals surface area contributed by atoms with Gasteiger partial charge in [-0.2, -0.15) is 13.2 Å². The molecule has 0 saturated heterocycles. The molecule has 0 saturated carbocycles. The molecule has 2 N–H and O–H groups in total. The Labute approximate surface area is 70.9 Å². The summed E-state index contributed by atoms with van der Waals surface area (Å²) in [5.74, 6) is -1.63. The fraction of sp³-hybridized carbons (Fsp3) is 0.500. The number of hydrogen-bond donors (Lipinski definition) is 2. The zero-order chi connectivity index (χ0) is 10.2. The Morgan fingerprint density at radius 1 is 1.62 bits per heavy atom. The molecule has 0 spiro atoms. The van der Waals surface area contributed by atoms with Gasteiger partial charge in [-0.1, -0.05) is 0 Å². The van der Waals surface area contributed by atoms with E-state index in [1.54, 1.807) is 0 Å². The molecule has 0 bridgehead atoms. The molecule has 1 unspecified atom stereocenters. The second-order valence-electron chi connectivity index (χ2n) is 2.49. The number of hydrogen-bond acceptors (Lipinski definition) is 3. The lowest BCUT2D eigenvalue weighted by atomic mass is 10.1. The molecule has 1 heterocycles. The first-order valence-electron chi connectivity index (χ1n) is 3.26. The number of carboxylic acid groups (broad SMARTS) is 1. The van der Waals surface area contributed by atoms with Crippen molar-refractivity contribution >= 4 is 5.97 Å². The topological polar surface area (TPSA) is 58.6 Å². The highest BCUT2D eigenvalue weighted by Gasteiger charge is 2.49. The predicted molar refractivity (Wildman–Crippen MR) is 34.4 cm³/mol. The molecule has 4 nitrogen and oxygen atoms in total. The van der Waals surface area contributed by atoms with E-state index < -0.39 is 23.8 Å². The molecule has 0 aromatic heterocycles. The predicted octanol–water partition coefficient (Wildman–Crippen LogP) is 0.811. The molecule has 1 rings (SSSR count). The summed E-state index contributed by atoms with van der Waals surface area (Å²) in [6.45, 7) is 1.20. The van der Waals surface area contributed by atoms with E-state index in [-0.39, 0.29) is 5.70 Å². The van der Waals surface area contributed by atoms with Crippen LogP contribution in [-0.4, -0.2) is 23.4 Å². The molecular weight excluding hydrogens is 191 g/mol. The fourth-order valence-corrected chi connectivity index (χ4v) is 0.961. The molecule has 1 atom stereocenters. The van der Waals surface area contributed by atoms with Crippen LogP contribution in [0.1, 0.15) is 6.92 Å². The maximum atomic E-state index is 12.1. The second-order valence-corrected chi connectivity index (χ2v) is 2.49. The van der Waals surface area contributed by atoms with Gasteiger partial charge < -0.3 is 5.11 Å². The molecule has 1 aliphatic heterocycles. The van der Waals surface area contributed by atoms with Gasteiger partial charge >= 0.3 is 12.1 Å². The lowest BCUT2D eigenvalue weighted by Crippen LogP contribution is -2.34. The summed E-state index contributed by atoms with van der Waals surface area (Å²) in [7, 11) is 0. The van der Waals surface area contributed by atoms with E-state index in [9.17, 15) is 18.0 Å². The van der Waals surface area contributed by atoms with Crippen LogP contribution in [0.5, 0.6) is 0 Å². The number of allylic oxidation sites excluding steroid dienone is 1. The van der Waals surface area contributed by atoms with Gasteiger partial charge in [0.2, 0.25) is 6.10 Å². The first kappa shape index (κ1) is 9.85. The van der Waals surface area contributed by atoms with Crippen LogP contribution in [0.3, 0.4) is 0 Å². The quantitative estimate of drug-likeness (QED) is 0.653. The third-order valence-electron chi connectivity index (χ3n) is 1.52. The maximum Gasteiger partial charge on any atom is 0.421 e. The minimum absolute atomic E-state index is 0.130. The summed E-state index contributed by atoms with van der Waals surface area (Å²) < 4.78 is 36.2. The number of nitrogens with one attached hydrogen (secondary N) is 1. The van der Waals surface area contributed by atoms with Gasteiger partial charge in [0.25, 0.3) is 0 Å². The minimum atomic E-state index is -4.71. The van der Waals surface area contributed by atoms with Gasteiger partial charge in [0, 0.05) is 5.70 Å². The van der Waals surface area contributed by atoms with Crippen LogP contribution in [0.25, 0.3) is 0 Å². The molecule has 1 aliphatic rings. The number of aliphatic carboxylic acids is 1. The Kier molecular flexibility index (Phi) is 2.21. The van der Waals surface area contributed by atoms with Crippen LogP contribution in [0.15, 0.2) is 11.3 Å². The van der Waals surface area contributed by atoms with Crippen LogP contribution < -0.4 is 5.48 Å². The highest BCUT2D eigenvalue weighted by molar-refractivity contribution is 5.89. The Balaban J connectivity index is 2.99. The molecule has 7 heteroatoms. The minimum Gasteiger partial charge on any atom is -0.478 e. The largest absolute Gasteiger partial charge is 0.478 e. The van der Waals surface area contributed by atoms with E-state index in [0.717, 1.165) is 0 Å². The van der Waals surface area contributed by atoms with E-state index in [0.29, 0.717) is 0 Å². The molecule has 0 aromatic rings. The van der Waals surface area contributed by atoms with E-state index in [2.05, 4.69) is 4.84 Å². The van der Waals surface area contributed by atoms with Crippen molar-refractivity contribution in [3.63, 3.8) is 0 Å². The van der Waals surface area contributed by atoms with Crippen molar-refractivity contribution in [3.8, 4) is 0 Å². The Hall–Kier alpha value is -1.24. The number of carboxylic acids is 1. The summed E-state index contributed by atoms with van der Waals surface area (Å²) in [5.41, 5.74) is 0.958. The smallest absolute Gasteiger partial charge is 0.421 e. The van der Waals surface area contributed by atoms with Crippen molar-refractivity contribution in [2.75, 3.05) is 0 Å². The van der Waals surface area contributed by atoms with Crippen LogP contribution in [-0.2, 0) is 9.63 Å². The number of alkyl halides is 3. The van der Waals surface area contributed by atoms with Crippen LogP contribution >= 0.6 is 0 Å². The highest BCUT2D eigenvalue weighted by Crippen LogP contribution is 2.32. The molecule has 0 radical (unpaired) electrons. The lowest BCUT2D eigenvalue weighted by Gasteiger charge is -2.13. The molecule has 0 aromatic carbocycles. The van der Waals surface area contributed by atoms with Gasteiger partial charge in [-0.3, -0.25) is 10.3 Å². The van der Waals surface area contributed by atoms with Crippen molar-refractivity contribution in [3.05, 3.63) is 11.3 Å². The highest BCUT2D eigenvalue weighted by atomic mass is 19.4. The van der Waals surface area contributed by atoms with Crippen LogP contribution in [0, 0.1) is 0 Å². The Bertz CT molecular complexity index is 271. The monoisotopic (exact) mass is 197 g/mol. The molecule has 0 aliphatic carbocycles. The molecular formula is C6H6F3NO3. The number of hydroxylamine groups is 1. The second kappa shape index (κ2) is 2.91. The Morgan fingerprint density at radius 2 is 2.15 bits per heavy atom. The summed E-state index contributed by atoms with van der Waals surface area (Å²) >= 11 is 0. The number of carbonyl (C=O) groups is 1. The SMILES string of the molecule is CC1=C(C(=O)O)C(C(F)(F)F)ON1. The van der Waals surface area contributed by atoms with Crippen molar-refractivity contribution in [2.24, 2.45) is 0 Å². The average molecular weight is 197 g/mol. The summed E-state index contributed by atoms with van der Waals surface area (Å²) in [6.07, 6.45) is -7.09. The molecule has 0 fully saturated rings. The van der Waals surface area contributed by atoms with Gasteiger partial charge in [-0.25, -0.2) is 4.79 Å². The molecule has 13 heavy (non-hydrogen) atoms. The van der Waals surface area contributed by atoms with Gasteiger partial charge in [-0.15, -0.1) is 0 Å². The summed E-state index contributed by atoms with van der Waals surface area (Å²) in [6, 6.07) is 0. The van der Waals surface area contributed by atoms with Crippen LogP contribution in [0.2, 0.25) is 0 Å². The van der Waals surface area contributed by atoms with Gasteiger partial charge in [0.1, 0.15) is 0 Å². The van der Waals surface area contributed by atoms with Crippen LogP contribution in [0.4, 0.5) is 13.2 Å². The third kappa shape index (κ3) is 1.74. The zero-order valence-corrected chi connectivity index (χ0v) is 6.47. The zero-order valence-electron chi connectivity index (χ0n) is 6.47. The Morgan fingerprint density at radius 3 is 2.46 bits per heavy atom. The van der Waals surface area contributed by atoms with Crippen molar-refractivity contribution in [1.82, 2.24) is 5.48 Å². The number of rotatable bonds is 1. The average Bonchev–Trinajstić information content (AvgIpc) is 2.28. The fourth-order valence-electron chi connectivity index (χ4n) is 0.961. The van der Waals surface area contributed by atoms with Gasteiger partial charge in [-0.05, 0) is 6.92 Å². The first-order valence-corrected chi connectivity index (χ1v) is 3.26. The van der Waals surface area contributed by atoms with E-state index >= 15 is 0 Å². The van der Waals surface area contributed by atoms with Crippen molar-refractivity contribution in [1.29, 1.82) is 0 Å². The van der Waals surface area contributed by atoms with Gasteiger partial charge in [0.15, 0.2) is 0 Å². The molecule has 74 valence electrons. The molecule has 0 amide bonds. The summed E-state index contributed by atoms with van der Waals surface area (Å²) in [5, 5.41) is 8.44. The third-order valence-corrected chi connectivity index (χ3v) is 1.52. The van der Waals surface area contributed by atoms with E-state index in [1.807, 2.05) is 5.48 Å². The van der Waals surface area contributed by atoms with E-state index in [1.165, 1.54) is 6.92 Å². The lowest BCUT2D eigenvalue weighted by molar-refractivity contribution is -0.214. The number of halogens is 3. The van der Waals surface area contributed by atoms with Crippen molar-refractivity contribution in [2.45, 2.75) is 19.2 Å². The van der Waals surface area contributed by atoms with E-state index in [4.69, 9.17) is 5.11 Å². The standard InChI is InChI=1S/C6H6F3NO3/c1-2-3(5(11)12)4(13-10-2)6(7,8)9/h4,10H,1H3,(H,11,12).